The van der Waals surface area contributed by atoms with Crippen molar-refractivity contribution in [3.63, 3.8) is 0 Å². The first-order chi connectivity index (χ1) is 12.1. The highest BCUT2D eigenvalue weighted by atomic mass is 32.1. The quantitative estimate of drug-likeness (QED) is 0.648. The maximum absolute atomic E-state index is 5.39. The fraction of sp³-hybridized carbons (Fsp3) is 0.263. The lowest BCUT2D eigenvalue weighted by molar-refractivity contribution is 0.354. The highest BCUT2D eigenvalue weighted by molar-refractivity contribution is 7.80. The van der Waals surface area contributed by atoms with Crippen molar-refractivity contribution in [3.05, 3.63) is 53.1 Å². The van der Waals surface area contributed by atoms with Gasteiger partial charge in [0.25, 0.3) is 0 Å². The second-order valence-corrected chi connectivity index (χ2v) is 6.26. The Morgan fingerprint density at radius 2 is 1.72 bits per heavy atom. The van der Waals surface area contributed by atoms with E-state index >= 15 is 0 Å². The van der Waals surface area contributed by atoms with Crippen molar-refractivity contribution in [3.8, 4) is 11.5 Å². The SMILES string of the molecule is COc1cc2c(cc1OC)/C(=N/NC(=S)Nc1ccc(C)cc1)CC2. The Morgan fingerprint density at radius 1 is 1.04 bits per heavy atom. The molecule has 2 aromatic rings. The predicted molar refractivity (Wildman–Crippen MR) is 105 cm³/mol. The molecule has 2 aromatic carbocycles. The molecule has 1 aliphatic rings. The van der Waals surface area contributed by atoms with Crippen LogP contribution in [0, 0.1) is 6.92 Å². The van der Waals surface area contributed by atoms with E-state index in [-0.39, 0.29) is 0 Å². The van der Waals surface area contributed by atoms with Crippen LogP contribution < -0.4 is 20.2 Å². The molecule has 0 fully saturated rings. The zero-order chi connectivity index (χ0) is 17.8. The molecule has 25 heavy (non-hydrogen) atoms. The molecule has 0 aliphatic heterocycles. The third-order valence-corrected chi connectivity index (χ3v) is 4.35. The number of thiocarbonyl (C=S) groups is 1. The van der Waals surface area contributed by atoms with E-state index in [0.717, 1.165) is 35.6 Å². The number of fused-ring (bicyclic) bond motifs is 1. The van der Waals surface area contributed by atoms with E-state index in [1.807, 2.05) is 43.3 Å². The smallest absolute Gasteiger partial charge is 0.191 e. The number of hydrazone groups is 1. The van der Waals surface area contributed by atoms with Gasteiger partial charge in [-0.2, -0.15) is 5.10 Å². The first-order valence-corrected chi connectivity index (χ1v) is 8.47. The molecule has 6 heteroatoms. The molecule has 1 aliphatic carbocycles. The second kappa shape index (κ2) is 7.53. The van der Waals surface area contributed by atoms with Crippen LogP contribution in [-0.2, 0) is 6.42 Å². The Balaban J connectivity index is 1.71. The minimum Gasteiger partial charge on any atom is -0.493 e. The number of hydrogen-bond acceptors (Lipinski definition) is 4. The molecule has 3 rings (SSSR count). The van der Waals surface area contributed by atoms with Crippen LogP contribution in [0.3, 0.4) is 0 Å². The van der Waals surface area contributed by atoms with Crippen LogP contribution in [0.1, 0.15) is 23.1 Å². The van der Waals surface area contributed by atoms with Crippen molar-refractivity contribution in [2.24, 2.45) is 5.10 Å². The molecule has 0 amide bonds. The molecular formula is C19H21N3O2S. The summed E-state index contributed by atoms with van der Waals surface area (Å²) in [4.78, 5) is 0. The van der Waals surface area contributed by atoms with E-state index in [1.54, 1.807) is 14.2 Å². The van der Waals surface area contributed by atoms with Crippen molar-refractivity contribution in [1.29, 1.82) is 0 Å². The summed E-state index contributed by atoms with van der Waals surface area (Å²) in [6.45, 7) is 2.05. The first-order valence-electron chi connectivity index (χ1n) is 8.06. The van der Waals surface area contributed by atoms with Crippen molar-refractivity contribution < 1.29 is 9.47 Å². The molecule has 0 bridgehead atoms. The van der Waals surface area contributed by atoms with Crippen LogP contribution in [0.2, 0.25) is 0 Å². The summed E-state index contributed by atoms with van der Waals surface area (Å²) in [6.07, 6.45) is 1.78. The zero-order valence-corrected chi connectivity index (χ0v) is 15.4. The minimum absolute atomic E-state index is 0.463. The summed E-state index contributed by atoms with van der Waals surface area (Å²) in [5.74, 6) is 1.45. The van der Waals surface area contributed by atoms with Gasteiger partial charge < -0.3 is 14.8 Å². The molecule has 0 unspecified atom stereocenters. The summed E-state index contributed by atoms with van der Waals surface area (Å²) >= 11 is 5.32. The standard InChI is InChI=1S/C19H21N3O2S/c1-12-4-7-14(8-5-12)20-19(25)22-21-16-9-6-13-10-17(23-2)18(24-3)11-15(13)16/h4-5,7-8,10-11H,6,9H2,1-3H3,(H2,20,22,25)/b21-16+. The summed E-state index contributed by atoms with van der Waals surface area (Å²) in [7, 11) is 3.28. The van der Waals surface area contributed by atoms with Gasteiger partial charge in [0, 0.05) is 11.3 Å². The molecule has 0 heterocycles. The lowest BCUT2D eigenvalue weighted by Crippen LogP contribution is -2.25. The van der Waals surface area contributed by atoms with E-state index in [9.17, 15) is 0 Å². The largest absolute Gasteiger partial charge is 0.493 e. The Hall–Kier alpha value is -2.60. The number of nitrogens with one attached hydrogen (secondary N) is 2. The topological polar surface area (TPSA) is 54.9 Å². The van der Waals surface area contributed by atoms with E-state index in [4.69, 9.17) is 21.7 Å². The lowest BCUT2D eigenvalue weighted by Gasteiger charge is -2.11. The van der Waals surface area contributed by atoms with Crippen LogP contribution in [0.15, 0.2) is 41.5 Å². The molecule has 2 N–H and O–H groups in total. The highest BCUT2D eigenvalue weighted by Gasteiger charge is 2.21. The summed E-state index contributed by atoms with van der Waals surface area (Å²) in [6, 6.07) is 12.0. The van der Waals surface area contributed by atoms with Crippen molar-refractivity contribution in [1.82, 2.24) is 5.43 Å². The number of benzene rings is 2. The van der Waals surface area contributed by atoms with E-state index in [0.29, 0.717) is 10.9 Å². The number of ether oxygens (including phenoxy) is 2. The normalized spacial score (nSPS) is 14.1. The van der Waals surface area contributed by atoms with Crippen LogP contribution in [-0.4, -0.2) is 25.0 Å². The van der Waals surface area contributed by atoms with Gasteiger partial charge in [0.05, 0.1) is 19.9 Å². The zero-order valence-electron chi connectivity index (χ0n) is 14.6. The van der Waals surface area contributed by atoms with Crippen LogP contribution in [0.5, 0.6) is 11.5 Å². The third kappa shape index (κ3) is 3.91. The van der Waals surface area contributed by atoms with Crippen LogP contribution in [0.4, 0.5) is 5.69 Å². The second-order valence-electron chi connectivity index (χ2n) is 5.85. The van der Waals surface area contributed by atoms with Gasteiger partial charge in [0.15, 0.2) is 16.6 Å². The van der Waals surface area contributed by atoms with Gasteiger partial charge in [-0.3, -0.25) is 5.43 Å². The fourth-order valence-corrected chi connectivity index (χ4v) is 2.98. The van der Waals surface area contributed by atoms with Gasteiger partial charge in [-0.05, 0) is 61.8 Å². The van der Waals surface area contributed by atoms with Gasteiger partial charge in [0.2, 0.25) is 0 Å². The number of rotatable bonds is 4. The van der Waals surface area contributed by atoms with E-state index in [2.05, 4.69) is 15.8 Å². The predicted octanol–water partition coefficient (Wildman–Crippen LogP) is 3.65. The van der Waals surface area contributed by atoms with Gasteiger partial charge in [-0.15, -0.1) is 0 Å². The summed E-state index contributed by atoms with van der Waals surface area (Å²) in [5, 5.41) is 8.07. The lowest BCUT2D eigenvalue weighted by atomic mass is 10.1. The fourth-order valence-electron chi connectivity index (χ4n) is 2.81. The van der Waals surface area contributed by atoms with Gasteiger partial charge in [-0.25, -0.2) is 0 Å². The molecule has 0 atom stereocenters. The maximum Gasteiger partial charge on any atom is 0.191 e. The van der Waals surface area contributed by atoms with Crippen molar-refractivity contribution in [2.75, 3.05) is 19.5 Å². The summed E-state index contributed by atoms with van der Waals surface area (Å²) in [5.41, 5.74) is 8.31. The Bertz CT molecular complexity index is 816. The van der Waals surface area contributed by atoms with Crippen molar-refractivity contribution >= 4 is 28.7 Å². The number of anilines is 1. The molecule has 0 radical (unpaired) electrons. The van der Waals surface area contributed by atoms with Crippen LogP contribution in [0.25, 0.3) is 0 Å². The Morgan fingerprint density at radius 3 is 2.40 bits per heavy atom. The summed E-state index contributed by atoms with van der Waals surface area (Å²) < 4.78 is 10.7. The molecule has 130 valence electrons. The van der Waals surface area contributed by atoms with Gasteiger partial charge >= 0.3 is 0 Å². The van der Waals surface area contributed by atoms with Crippen molar-refractivity contribution in [2.45, 2.75) is 19.8 Å². The maximum atomic E-state index is 5.39. The average molecular weight is 355 g/mol. The molecule has 5 nitrogen and oxygen atoms in total. The number of nitrogens with zero attached hydrogens (tertiary/aromatic N) is 1. The Labute approximate surface area is 153 Å². The van der Waals surface area contributed by atoms with Gasteiger partial charge in [0.1, 0.15) is 0 Å². The van der Waals surface area contributed by atoms with Crippen LogP contribution >= 0.6 is 12.2 Å². The highest BCUT2D eigenvalue weighted by Crippen LogP contribution is 2.34. The van der Waals surface area contributed by atoms with Gasteiger partial charge in [-0.1, -0.05) is 17.7 Å². The molecular weight excluding hydrogens is 334 g/mol. The Kier molecular flexibility index (Phi) is 5.19. The average Bonchev–Trinajstić information content (AvgIpc) is 3.02. The minimum atomic E-state index is 0.463. The molecule has 0 saturated heterocycles. The number of methoxy groups -OCH3 is 2. The number of aryl methyl sites for hydroxylation is 2. The first kappa shape index (κ1) is 17.2. The molecule has 0 aromatic heterocycles. The third-order valence-electron chi connectivity index (χ3n) is 4.15. The monoisotopic (exact) mass is 355 g/mol. The molecule has 0 saturated carbocycles. The molecule has 0 spiro atoms. The number of hydrogen-bond donors (Lipinski definition) is 2. The van der Waals surface area contributed by atoms with E-state index in [1.165, 1.54) is 11.1 Å². The van der Waals surface area contributed by atoms with E-state index < -0.39 is 0 Å².